The van der Waals surface area contributed by atoms with E-state index in [-0.39, 0.29) is 5.75 Å². The molecule has 0 spiro atoms. The van der Waals surface area contributed by atoms with Crippen LogP contribution >= 0.6 is 0 Å². The first-order valence-electron chi connectivity index (χ1n) is 5.07. The maximum absolute atomic E-state index is 10.00. The Balaban J connectivity index is 2.52. The number of benzene rings is 1. The smallest absolute Gasteiger partial charge is 0.127 e. The Morgan fingerprint density at radius 2 is 2.12 bits per heavy atom. The summed E-state index contributed by atoms with van der Waals surface area (Å²) in [5, 5.41) is 10.00. The summed E-state index contributed by atoms with van der Waals surface area (Å²) in [6, 6.07) is 3.87. The monoisotopic (exact) mass is 214 g/mol. The van der Waals surface area contributed by atoms with Crippen molar-refractivity contribution in [2.45, 2.75) is 13.8 Å². The fourth-order valence-electron chi connectivity index (χ4n) is 1.74. The van der Waals surface area contributed by atoms with Crippen molar-refractivity contribution in [1.82, 2.24) is 9.55 Å². The first-order valence-corrected chi connectivity index (χ1v) is 5.07. The number of phenolic OH excluding ortho intramolecular Hbond substituents is 1. The Labute approximate surface area is 94.7 Å². The third-order valence-corrected chi connectivity index (χ3v) is 2.57. The van der Waals surface area contributed by atoms with Gasteiger partial charge in [0, 0.05) is 18.0 Å². The number of hydrogen-bond acceptors (Lipinski definition) is 2. The van der Waals surface area contributed by atoms with Gasteiger partial charge in [-0.3, -0.25) is 0 Å². The van der Waals surface area contributed by atoms with Crippen molar-refractivity contribution < 1.29 is 5.11 Å². The molecule has 0 saturated heterocycles. The third-order valence-electron chi connectivity index (χ3n) is 2.57. The zero-order chi connectivity index (χ0) is 11.7. The largest absolute Gasteiger partial charge is 0.507 e. The number of aromatic nitrogens is 2. The zero-order valence-electron chi connectivity index (χ0n) is 9.44. The molecule has 0 fully saturated rings. The van der Waals surface area contributed by atoms with E-state index in [1.807, 2.05) is 26.0 Å². The number of aryl methyl sites for hydroxylation is 2. The Morgan fingerprint density at radius 1 is 1.38 bits per heavy atom. The fourth-order valence-corrected chi connectivity index (χ4v) is 1.74. The van der Waals surface area contributed by atoms with Crippen molar-refractivity contribution in [2.24, 2.45) is 0 Å². The molecule has 1 heterocycles. The van der Waals surface area contributed by atoms with Crippen LogP contribution in [0.25, 0.3) is 5.70 Å². The molecular weight excluding hydrogens is 200 g/mol. The summed E-state index contributed by atoms with van der Waals surface area (Å²) in [5.74, 6) is 0.282. The number of phenols is 1. The summed E-state index contributed by atoms with van der Waals surface area (Å²) in [7, 11) is 0. The van der Waals surface area contributed by atoms with Gasteiger partial charge in [0.25, 0.3) is 0 Å². The minimum Gasteiger partial charge on any atom is -0.507 e. The summed E-state index contributed by atoms with van der Waals surface area (Å²) < 4.78 is 1.79. The zero-order valence-corrected chi connectivity index (χ0v) is 9.44. The van der Waals surface area contributed by atoms with Crippen LogP contribution in [0.1, 0.15) is 16.7 Å². The van der Waals surface area contributed by atoms with Crippen molar-refractivity contribution in [3.63, 3.8) is 0 Å². The Hall–Kier alpha value is -2.03. The van der Waals surface area contributed by atoms with E-state index in [9.17, 15) is 5.11 Å². The highest BCUT2D eigenvalue weighted by Gasteiger charge is 2.09. The van der Waals surface area contributed by atoms with Crippen LogP contribution in [0.2, 0.25) is 0 Å². The summed E-state index contributed by atoms with van der Waals surface area (Å²) in [6.45, 7) is 7.85. The van der Waals surface area contributed by atoms with Gasteiger partial charge >= 0.3 is 0 Å². The van der Waals surface area contributed by atoms with Crippen molar-refractivity contribution in [2.75, 3.05) is 0 Å². The van der Waals surface area contributed by atoms with Crippen molar-refractivity contribution in [3.05, 3.63) is 54.1 Å². The van der Waals surface area contributed by atoms with Gasteiger partial charge in [0.1, 0.15) is 5.75 Å². The van der Waals surface area contributed by atoms with Crippen LogP contribution in [-0.2, 0) is 0 Å². The first-order chi connectivity index (χ1) is 7.59. The summed E-state index contributed by atoms with van der Waals surface area (Å²) in [5.41, 5.74) is 3.43. The summed E-state index contributed by atoms with van der Waals surface area (Å²) >= 11 is 0. The van der Waals surface area contributed by atoms with Crippen LogP contribution in [0.4, 0.5) is 0 Å². The van der Waals surface area contributed by atoms with E-state index in [0.29, 0.717) is 0 Å². The molecule has 0 unspecified atom stereocenters. The van der Waals surface area contributed by atoms with E-state index in [2.05, 4.69) is 11.6 Å². The fraction of sp³-hybridized carbons (Fsp3) is 0.154. The highest BCUT2D eigenvalue weighted by atomic mass is 16.3. The third kappa shape index (κ3) is 1.72. The molecule has 0 saturated carbocycles. The van der Waals surface area contributed by atoms with Crippen molar-refractivity contribution in [3.8, 4) is 5.75 Å². The standard InChI is InChI=1S/C13H14N2O/c1-9-6-10(2)13(16)12(7-9)11(3)15-5-4-14-8-15/h4-8,16H,3H2,1-2H3. The molecule has 1 N–H and O–H groups in total. The van der Waals surface area contributed by atoms with Crippen LogP contribution in [0.15, 0.2) is 37.4 Å². The molecule has 0 aliphatic heterocycles. The maximum Gasteiger partial charge on any atom is 0.127 e. The molecule has 1 aromatic carbocycles. The Bertz CT molecular complexity index is 527. The van der Waals surface area contributed by atoms with Gasteiger partial charge in [-0.15, -0.1) is 0 Å². The van der Waals surface area contributed by atoms with Gasteiger partial charge in [0.2, 0.25) is 0 Å². The molecule has 0 aliphatic carbocycles. The molecule has 3 heteroatoms. The number of imidazole rings is 1. The molecule has 0 atom stereocenters. The Morgan fingerprint density at radius 3 is 2.75 bits per heavy atom. The molecular formula is C13H14N2O. The van der Waals surface area contributed by atoms with Crippen LogP contribution in [0.5, 0.6) is 5.75 Å². The highest BCUT2D eigenvalue weighted by molar-refractivity contribution is 5.70. The number of rotatable bonds is 2. The average molecular weight is 214 g/mol. The second-order valence-electron chi connectivity index (χ2n) is 3.89. The normalized spacial score (nSPS) is 10.4. The van der Waals surface area contributed by atoms with E-state index in [1.165, 1.54) is 0 Å². The highest BCUT2D eigenvalue weighted by Crippen LogP contribution is 2.29. The van der Waals surface area contributed by atoms with Gasteiger partial charge in [-0.2, -0.15) is 0 Å². The molecule has 0 amide bonds. The summed E-state index contributed by atoms with van der Waals surface area (Å²) in [6.07, 6.45) is 5.16. The van der Waals surface area contributed by atoms with Gasteiger partial charge in [0.15, 0.2) is 0 Å². The predicted octanol–water partition coefficient (Wildman–Crippen LogP) is 2.72. The van der Waals surface area contributed by atoms with Gasteiger partial charge in [0.05, 0.1) is 12.0 Å². The van der Waals surface area contributed by atoms with Crippen molar-refractivity contribution in [1.29, 1.82) is 0 Å². The number of aromatic hydroxyl groups is 1. The lowest BCUT2D eigenvalue weighted by atomic mass is 10.0. The minimum absolute atomic E-state index is 0.282. The average Bonchev–Trinajstić information content (AvgIpc) is 2.75. The lowest BCUT2D eigenvalue weighted by Gasteiger charge is -2.12. The molecule has 82 valence electrons. The molecule has 2 aromatic rings. The van der Waals surface area contributed by atoms with Crippen LogP contribution < -0.4 is 0 Å². The molecule has 0 aliphatic rings. The molecule has 0 radical (unpaired) electrons. The molecule has 3 nitrogen and oxygen atoms in total. The minimum atomic E-state index is 0.282. The molecule has 1 aromatic heterocycles. The van der Waals surface area contributed by atoms with Gasteiger partial charge in [-0.1, -0.05) is 12.6 Å². The number of nitrogens with zero attached hydrogens (tertiary/aromatic N) is 2. The van der Waals surface area contributed by atoms with Crippen molar-refractivity contribution >= 4 is 5.70 Å². The van der Waals surface area contributed by atoms with E-state index in [1.54, 1.807) is 23.3 Å². The number of hydrogen-bond donors (Lipinski definition) is 1. The topological polar surface area (TPSA) is 38.0 Å². The van der Waals surface area contributed by atoms with E-state index < -0.39 is 0 Å². The predicted molar refractivity (Wildman–Crippen MR) is 64.2 cm³/mol. The van der Waals surface area contributed by atoms with Gasteiger partial charge in [-0.25, -0.2) is 4.98 Å². The van der Waals surface area contributed by atoms with E-state index in [0.717, 1.165) is 22.4 Å². The van der Waals surface area contributed by atoms with Gasteiger partial charge < -0.3 is 9.67 Å². The quantitative estimate of drug-likeness (QED) is 0.834. The Kier molecular flexibility index (Phi) is 2.52. The molecule has 0 bridgehead atoms. The van der Waals surface area contributed by atoms with E-state index >= 15 is 0 Å². The van der Waals surface area contributed by atoms with Gasteiger partial charge in [-0.05, 0) is 31.0 Å². The first kappa shape index (κ1) is 10.5. The SMILES string of the molecule is C=C(c1cc(C)cc(C)c1O)n1ccnc1. The van der Waals surface area contributed by atoms with Crippen LogP contribution in [0, 0.1) is 13.8 Å². The van der Waals surface area contributed by atoms with E-state index in [4.69, 9.17) is 0 Å². The van der Waals surface area contributed by atoms with Crippen LogP contribution in [0.3, 0.4) is 0 Å². The second kappa shape index (κ2) is 3.85. The van der Waals surface area contributed by atoms with Crippen LogP contribution in [-0.4, -0.2) is 14.7 Å². The lowest BCUT2D eigenvalue weighted by Crippen LogP contribution is -1.96. The second-order valence-corrected chi connectivity index (χ2v) is 3.89. The summed E-state index contributed by atoms with van der Waals surface area (Å²) in [4.78, 5) is 3.96. The molecule has 2 rings (SSSR count). The molecule has 16 heavy (non-hydrogen) atoms. The lowest BCUT2D eigenvalue weighted by molar-refractivity contribution is 0.469. The maximum atomic E-state index is 10.00.